The Hall–Kier alpha value is -3.69. The van der Waals surface area contributed by atoms with E-state index in [0.29, 0.717) is 6.54 Å². The van der Waals surface area contributed by atoms with Gasteiger partial charge in [0.05, 0.1) is 6.42 Å². The zero-order valence-corrected chi connectivity index (χ0v) is 21.2. The zero-order valence-electron chi connectivity index (χ0n) is 21.2. The van der Waals surface area contributed by atoms with Gasteiger partial charge < -0.3 is 5.11 Å². The van der Waals surface area contributed by atoms with E-state index >= 15 is 0 Å². The summed E-state index contributed by atoms with van der Waals surface area (Å²) in [7, 11) is 0. The molecule has 3 heteroatoms. The molecule has 0 fully saturated rings. The summed E-state index contributed by atoms with van der Waals surface area (Å²) in [6.45, 7) is 5.02. The summed E-state index contributed by atoms with van der Waals surface area (Å²) >= 11 is 0. The number of benzene rings is 4. The first-order chi connectivity index (χ1) is 17.5. The van der Waals surface area contributed by atoms with Gasteiger partial charge >= 0.3 is 5.97 Å². The van der Waals surface area contributed by atoms with E-state index in [4.69, 9.17) is 0 Å². The lowest BCUT2D eigenvalue weighted by Gasteiger charge is -2.37. The molecular weight excluding hydrogens is 442 g/mol. The Labute approximate surface area is 215 Å². The molecule has 2 atom stereocenters. The molecule has 0 aromatic heterocycles. The van der Waals surface area contributed by atoms with E-state index < -0.39 is 5.97 Å². The Balaban J connectivity index is 1.72. The Morgan fingerprint density at radius 2 is 1.33 bits per heavy atom. The van der Waals surface area contributed by atoms with Crippen molar-refractivity contribution in [2.45, 2.75) is 51.7 Å². The molecule has 0 aliphatic rings. The largest absolute Gasteiger partial charge is 0.481 e. The molecule has 184 valence electrons. The van der Waals surface area contributed by atoms with Gasteiger partial charge in [-0.2, -0.15) is 0 Å². The highest BCUT2D eigenvalue weighted by molar-refractivity contribution is 5.68. The third kappa shape index (κ3) is 6.50. The molecule has 0 aliphatic heterocycles. The third-order valence-corrected chi connectivity index (χ3v) is 6.99. The van der Waals surface area contributed by atoms with E-state index in [0.717, 1.165) is 18.4 Å². The average Bonchev–Trinajstić information content (AvgIpc) is 2.91. The molecule has 4 aromatic rings. The van der Waals surface area contributed by atoms with Gasteiger partial charge in [0.1, 0.15) is 0 Å². The lowest BCUT2D eigenvalue weighted by atomic mass is 9.93. The number of carbonyl (C=O) groups is 1. The number of hydrogen-bond acceptors (Lipinski definition) is 2. The molecule has 0 saturated carbocycles. The van der Waals surface area contributed by atoms with E-state index in [-0.39, 0.29) is 18.5 Å². The van der Waals surface area contributed by atoms with Gasteiger partial charge in [-0.05, 0) is 53.1 Å². The number of rotatable bonds is 11. The van der Waals surface area contributed by atoms with Crippen LogP contribution < -0.4 is 0 Å². The molecule has 0 radical (unpaired) electrons. The summed E-state index contributed by atoms with van der Waals surface area (Å²) in [4.78, 5) is 14.5. The van der Waals surface area contributed by atoms with Gasteiger partial charge in [0, 0.05) is 18.6 Å². The minimum atomic E-state index is -0.792. The molecule has 1 unspecified atom stereocenters. The van der Waals surface area contributed by atoms with Crippen LogP contribution in [0.25, 0.3) is 0 Å². The summed E-state index contributed by atoms with van der Waals surface area (Å²) in [6, 6.07) is 37.5. The number of carboxylic acids is 1. The zero-order chi connectivity index (χ0) is 25.3. The number of aliphatic carboxylic acids is 1. The molecule has 0 saturated heterocycles. The lowest BCUT2D eigenvalue weighted by molar-refractivity contribution is -0.138. The fourth-order valence-corrected chi connectivity index (χ4v) is 5.03. The summed E-state index contributed by atoms with van der Waals surface area (Å²) in [6.07, 6.45) is 1.88. The third-order valence-electron chi connectivity index (χ3n) is 6.99. The molecule has 0 heterocycles. The fourth-order valence-electron chi connectivity index (χ4n) is 5.03. The minimum absolute atomic E-state index is 0.0407. The van der Waals surface area contributed by atoms with E-state index in [2.05, 4.69) is 91.5 Å². The Morgan fingerprint density at radius 1 is 0.750 bits per heavy atom. The van der Waals surface area contributed by atoms with Crippen molar-refractivity contribution in [1.82, 2.24) is 4.90 Å². The standard InChI is InChI=1S/C33H35NO2/c1-3-28-16-10-11-19-30(28)21-27-15-12-20-31(22-27)32(23-33(35)36)34(24-26-13-6-4-7-14-26)25(2)29-17-8-5-9-18-29/h4-20,22,25,32H,3,21,23-24H2,1-2H3,(H,35,36)/t25-,32?/m1/s1. The molecule has 36 heavy (non-hydrogen) atoms. The van der Waals surface area contributed by atoms with Crippen molar-refractivity contribution >= 4 is 5.97 Å². The Bertz CT molecular complexity index is 1250. The van der Waals surface area contributed by atoms with Crippen LogP contribution in [0.3, 0.4) is 0 Å². The summed E-state index contributed by atoms with van der Waals surface area (Å²) in [5, 5.41) is 9.96. The Kier molecular flexibility index (Phi) is 8.70. The number of hydrogen-bond donors (Lipinski definition) is 1. The molecule has 4 rings (SSSR count). The van der Waals surface area contributed by atoms with Crippen LogP contribution >= 0.6 is 0 Å². The number of carboxylic acid groups (broad SMARTS) is 1. The molecule has 1 N–H and O–H groups in total. The van der Waals surface area contributed by atoms with Crippen LogP contribution in [0.15, 0.2) is 109 Å². The second-order valence-electron chi connectivity index (χ2n) is 9.40. The normalized spacial score (nSPS) is 12.9. The highest BCUT2D eigenvalue weighted by Crippen LogP contribution is 2.35. The van der Waals surface area contributed by atoms with Gasteiger partial charge in [0.15, 0.2) is 0 Å². The van der Waals surface area contributed by atoms with Gasteiger partial charge in [-0.1, -0.05) is 116 Å². The maximum atomic E-state index is 12.1. The second kappa shape index (κ2) is 12.3. The molecule has 0 aliphatic carbocycles. The predicted molar refractivity (Wildman–Crippen MR) is 147 cm³/mol. The van der Waals surface area contributed by atoms with E-state index in [1.54, 1.807) is 0 Å². The smallest absolute Gasteiger partial charge is 0.305 e. The first-order valence-electron chi connectivity index (χ1n) is 12.8. The van der Waals surface area contributed by atoms with Crippen LogP contribution in [0.4, 0.5) is 0 Å². The minimum Gasteiger partial charge on any atom is -0.481 e. The molecule has 3 nitrogen and oxygen atoms in total. The topological polar surface area (TPSA) is 40.5 Å². The summed E-state index contributed by atoms with van der Waals surface area (Å²) < 4.78 is 0. The highest BCUT2D eigenvalue weighted by atomic mass is 16.4. The quantitative estimate of drug-likeness (QED) is 0.242. The molecule has 0 spiro atoms. The van der Waals surface area contributed by atoms with Crippen molar-refractivity contribution in [3.05, 3.63) is 143 Å². The van der Waals surface area contributed by atoms with Crippen molar-refractivity contribution in [3.63, 3.8) is 0 Å². The van der Waals surface area contributed by atoms with Gasteiger partial charge in [0.2, 0.25) is 0 Å². The highest BCUT2D eigenvalue weighted by Gasteiger charge is 2.28. The van der Waals surface area contributed by atoms with Gasteiger partial charge in [-0.15, -0.1) is 0 Å². The van der Waals surface area contributed by atoms with Crippen molar-refractivity contribution in [1.29, 1.82) is 0 Å². The van der Waals surface area contributed by atoms with Gasteiger partial charge in [0.25, 0.3) is 0 Å². The SMILES string of the molecule is CCc1ccccc1Cc1cccc(C(CC(=O)O)N(Cc2ccccc2)[C@H](C)c2ccccc2)c1. The molecule has 4 aromatic carbocycles. The predicted octanol–water partition coefficient (Wildman–Crippen LogP) is 7.62. The molecule has 0 bridgehead atoms. The fraction of sp³-hybridized carbons (Fsp3) is 0.242. The van der Waals surface area contributed by atoms with E-state index in [1.165, 1.54) is 27.8 Å². The van der Waals surface area contributed by atoms with Crippen molar-refractivity contribution < 1.29 is 9.90 Å². The maximum Gasteiger partial charge on any atom is 0.305 e. The number of aryl methyl sites for hydroxylation is 1. The second-order valence-corrected chi connectivity index (χ2v) is 9.40. The van der Waals surface area contributed by atoms with Crippen LogP contribution in [0.1, 0.15) is 65.7 Å². The first-order valence-corrected chi connectivity index (χ1v) is 12.8. The van der Waals surface area contributed by atoms with Crippen LogP contribution in [-0.4, -0.2) is 16.0 Å². The van der Waals surface area contributed by atoms with Crippen molar-refractivity contribution in [2.24, 2.45) is 0 Å². The molecule has 0 amide bonds. The van der Waals surface area contributed by atoms with E-state index in [1.807, 2.05) is 36.4 Å². The lowest BCUT2D eigenvalue weighted by Crippen LogP contribution is -2.32. The van der Waals surface area contributed by atoms with Crippen molar-refractivity contribution in [2.75, 3.05) is 0 Å². The summed E-state index contributed by atoms with van der Waals surface area (Å²) in [5.41, 5.74) is 7.28. The van der Waals surface area contributed by atoms with Crippen LogP contribution in [0.2, 0.25) is 0 Å². The van der Waals surface area contributed by atoms with Crippen LogP contribution in [0.5, 0.6) is 0 Å². The van der Waals surface area contributed by atoms with Crippen molar-refractivity contribution in [3.8, 4) is 0 Å². The van der Waals surface area contributed by atoms with Crippen LogP contribution in [-0.2, 0) is 24.2 Å². The Morgan fingerprint density at radius 3 is 2.00 bits per heavy atom. The monoisotopic (exact) mass is 477 g/mol. The maximum absolute atomic E-state index is 12.1. The summed E-state index contributed by atoms with van der Waals surface area (Å²) in [5.74, 6) is -0.792. The van der Waals surface area contributed by atoms with E-state index in [9.17, 15) is 9.90 Å². The average molecular weight is 478 g/mol. The number of nitrogens with zero attached hydrogens (tertiary/aromatic N) is 1. The molecular formula is C33H35NO2. The first kappa shape index (κ1) is 25.4. The van der Waals surface area contributed by atoms with Gasteiger partial charge in [-0.3, -0.25) is 9.69 Å². The van der Waals surface area contributed by atoms with Crippen LogP contribution in [0, 0.1) is 0 Å². The van der Waals surface area contributed by atoms with Gasteiger partial charge in [-0.25, -0.2) is 0 Å².